The molecule has 0 aromatic heterocycles. The van der Waals surface area contributed by atoms with Crippen molar-refractivity contribution in [3.8, 4) is 0 Å². The first kappa shape index (κ1) is 14.2. The van der Waals surface area contributed by atoms with Gasteiger partial charge < -0.3 is 5.11 Å². The molecule has 3 nitrogen and oxygen atoms in total. The normalized spacial score (nSPS) is 13.6. The molecular formula is C15H18O3. The van der Waals surface area contributed by atoms with Gasteiger partial charge in [-0.05, 0) is 18.4 Å². The Hall–Kier alpha value is -1.90. The number of carboxylic acids is 1. The predicted molar refractivity (Wildman–Crippen MR) is 70.5 cm³/mol. The van der Waals surface area contributed by atoms with E-state index in [0.717, 1.165) is 12.0 Å². The molecule has 0 saturated heterocycles. The summed E-state index contributed by atoms with van der Waals surface area (Å²) in [6.07, 6.45) is 3.20. The first-order valence-electron chi connectivity index (χ1n) is 6.02. The first-order chi connectivity index (χ1) is 8.58. The molecule has 0 aliphatic heterocycles. The number of rotatable bonds is 7. The number of benzene rings is 1. The van der Waals surface area contributed by atoms with Gasteiger partial charge in [0, 0.05) is 0 Å². The van der Waals surface area contributed by atoms with Gasteiger partial charge >= 0.3 is 5.97 Å². The highest BCUT2D eigenvalue weighted by Gasteiger charge is 2.41. The summed E-state index contributed by atoms with van der Waals surface area (Å²) in [5.41, 5.74) is -0.233. The number of carboxylic acid groups (broad SMARTS) is 1. The summed E-state index contributed by atoms with van der Waals surface area (Å²) in [5, 5.41) is 9.05. The number of ketones is 1. The maximum atomic E-state index is 12.1. The molecule has 1 N–H and O–H groups in total. The average Bonchev–Trinajstić information content (AvgIpc) is 2.38. The second-order valence-corrected chi connectivity index (χ2v) is 4.33. The predicted octanol–water partition coefficient (Wildman–Crippen LogP) is 2.95. The quantitative estimate of drug-likeness (QED) is 0.594. The van der Waals surface area contributed by atoms with Gasteiger partial charge in [0.25, 0.3) is 5.78 Å². The van der Waals surface area contributed by atoms with Crippen molar-refractivity contribution in [1.82, 2.24) is 0 Å². The summed E-state index contributed by atoms with van der Waals surface area (Å²) in [4.78, 5) is 23.2. The monoisotopic (exact) mass is 246 g/mol. The van der Waals surface area contributed by atoms with Crippen molar-refractivity contribution in [2.75, 3.05) is 0 Å². The van der Waals surface area contributed by atoms with Crippen LogP contribution >= 0.6 is 0 Å². The molecule has 18 heavy (non-hydrogen) atoms. The molecule has 0 saturated carbocycles. The van der Waals surface area contributed by atoms with Crippen molar-refractivity contribution in [3.05, 3.63) is 48.6 Å². The number of aliphatic carboxylic acids is 1. The Morgan fingerprint density at radius 2 is 1.94 bits per heavy atom. The van der Waals surface area contributed by atoms with Crippen molar-refractivity contribution < 1.29 is 14.7 Å². The Kier molecular flexibility index (Phi) is 4.84. The Morgan fingerprint density at radius 1 is 1.33 bits per heavy atom. The van der Waals surface area contributed by atoms with E-state index in [-0.39, 0.29) is 0 Å². The summed E-state index contributed by atoms with van der Waals surface area (Å²) >= 11 is 0. The minimum Gasteiger partial charge on any atom is -0.475 e. The highest BCUT2D eigenvalue weighted by Crippen LogP contribution is 2.34. The Bertz CT molecular complexity index is 436. The van der Waals surface area contributed by atoms with Crippen molar-refractivity contribution in [2.24, 2.45) is 0 Å². The second-order valence-electron chi connectivity index (χ2n) is 4.33. The van der Waals surface area contributed by atoms with E-state index in [1.807, 2.05) is 25.1 Å². The molecule has 0 aliphatic carbocycles. The maximum Gasteiger partial charge on any atom is 0.373 e. The fourth-order valence-corrected chi connectivity index (χ4v) is 2.34. The third kappa shape index (κ3) is 2.67. The van der Waals surface area contributed by atoms with E-state index in [4.69, 9.17) is 5.11 Å². The van der Waals surface area contributed by atoms with Crippen LogP contribution in [0.1, 0.15) is 31.7 Å². The van der Waals surface area contributed by atoms with Crippen LogP contribution in [0.15, 0.2) is 43.0 Å². The van der Waals surface area contributed by atoms with Gasteiger partial charge in [-0.2, -0.15) is 0 Å². The minimum atomic E-state index is -1.38. The molecule has 1 atom stereocenters. The number of carbonyl (C=O) groups is 2. The zero-order chi connectivity index (χ0) is 13.6. The summed E-state index contributed by atoms with van der Waals surface area (Å²) < 4.78 is 0. The largest absolute Gasteiger partial charge is 0.475 e. The molecule has 3 heteroatoms. The van der Waals surface area contributed by atoms with Gasteiger partial charge in [-0.15, -0.1) is 6.58 Å². The number of allylic oxidation sites excluding steroid dienone is 1. The molecule has 96 valence electrons. The van der Waals surface area contributed by atoms with Gasteiger partial charge in [0.1, 0.15) is 0 Å². The molecular weight excluding hydrogens is 228 g/mol. The van der Waals surface area contributed by atoms with Crippen LogP contribution in [0.2, 0.25) is 0 Å². The smallest absolute Gasteiger partial charge is 0.373 e. The number of hydrogen-bond acceptors (Lipinski definition) is 2. The number of Topliss-reactive ketones (excluding diaryl/α,β-unsaturated/α-hetero) is 1. The van der Waals surface area contributed by atoms with Gasteiger partial charge in [-0.3, -0.25) is 4.79 Å². The van der Waals surface area contributed by atoms with Gasteiger partial charge in [-0.1, -0.05) is 49.8 Å². The van der Waals surface area contributed by atoms with Crippen molar-refractivity contribution in [3.63, 3.8) is 0 Å². The summed E-state index contributed by atoms with van der Waals surface area (Å²) in [6.45, 7) is 5.59. The van der Waals surface area contributed by atoms with E-state index in [0.29, 0.717) is 12.8 Å². The topological polar surface area (TPSA) is 54.4 Å². The number of carbonyl (C=O) groups excluding carboxylic acids is 1. The summed E-state index contributed by atoms with van der Waals surface area (Å²) in [7, 11) is 0. The average molecular weight is 246 g/mol. The second kappa shape index (κ2) is 6.15. The highest BCUT2D eigenvalue weighted by atomic mass is 16.4. The van der Waals surface area contributed by atoms with Crippen molar-refractivity contribution in [1.29, 1.82) is 0 Å². The lowest BCUT2D eigenvalue weighted by molar-refractivity contribution is -0.152. The molecule has 0 radical (unpaired) electrons. The number of hydrogen-bond donors (Lipinski definition) is 1. The standard InChI is InChI=1S/C15H18O3/c1-3-10-15(11-4-2,13(16)14(17)18)12-8-6-5-7-9-12/h3,5-9H,1,4,10-11H2,2H3,(H,17,18). The molecule has 0 heterocycles. The van der Waals surface area contributed by atoms with Gasteiger partial charge in [0.2, 0.25) is 0 Å². The van der Waals surface area contributed by atoms with Crippen LogP contribution in [-0.4, -0.2) is 16.9 Å². The molecule has 1 aromatic rings. The van der Waals surface area contributed by atoms with Crippen molar-refractivity contribution >= 4 is 11.8 Å². The zero-order valence-corrected chi connectivity index (χ0v) is 10.6. The van der Waals surface area contributed by atoms with Crippen LogP contribution in [0.4, 0.5) is 0 Å². The van der Waals surface area contributed by atoms with Crippen LogP contribution in [0.3, 0.4) is 0 Å². The van der Waals surface area contributed by atoms with Crippen LogP contribution in [-0.2, 0) is 15.0 Å². The molecule has 0 bridgehead atoms. The van der Waals surface area contributed by atoms with Gasteiger partial charge in [0.05, 0.1) is 5.41 Å². The van der Waals surface area contributed by atoms with E-state index in [2.05, 4.69) is 6.58 Å². The third-order valence-electron chi connectivity index (χ3n) is 3.12. The third-order valence-corrected chi connectivity index (χ3v) is 3.12. The van der Waals surface area contributed by atoms with E-state index in [1.165, 1.54) is 0 Å². The first-order valence-corrected chi connectivity index (χ1v) is 6.02. The van der Waals surface area contributed by atoms with E-state index in [1.54, 1.807) is 18.2 Å². The molecule has 0 amide bonds. The van der Waals surface area contributed by atoms with Crippen molar-refractivity contribution in [2.45, 2.75) is 31.6 Å². The zero-order valence-electron chi connectivity index (χ0n) is 10.6. The molecule has 0 fully saturated rings. The molecule has 0 aliphatic rings. The highest BCUT2D eigenvalue weighted by molar-refractivity contribution is 6.36. The lowest BCUT2D eigenvalue weighted by Gasteiger charge is -2.30. The summed E-state index contributed by atoms with van der Waals surface area (Å²) in [6, 6.07) is 9.09. The van der Waals surface area contributed by atoms with Crippen LogP contribution in [0.5, 0.6) is 0 Å². The Labute approximate surface area is 107 Å². The van der Waals surface area contributed by atoms with Crippen LogP contribution in [0.25, 0.3) is 0 Å². The van der Waals surface area contributed by atoms with E-state index >= 15 is 0 Å². The fourth-order valence-electron chi connectivity index (χ4n) is 2.34. The maximum absolute atomic E-state index is 12.1. The lowest BCUT2D eigenvalue weighted by Crippen LogP contribution is -2.40. The molecule has 0 spiro atoms. The van der Waals surface area contributed by atoms with Crippen LogP contribution in [0, 0.1) is 0 Å². The lowest BCUT2D eigenvalue weighted by atomic mass is 9.71. The molecule has 1 aromatic carbocycles. The van der Waals surface area contributed by atoms with Gasteiger partial charge in [-0.25, -0.2) is 4.79 Å². The SMILES string of the molecule is C=CCC(CCC)(C(=O)C(=O)O)c1ccccc1. The Balaban J connectivity index is 3.34. The fraction of sp³-hybridized carbons (Fsp3) is 0.333. The van der Waals surface area contributed by atoms with Crippen LogP contribution < -0.4 is 0 Å². The molecule has 1 unspecified atom stereocenters. The van der Waals surface area contributed by atoms with E-state index < -0.39 is 17.2 Å². The van der Waals surface area contributed by atoms with E-state index in [9.17, 15) is 9.59 Å². The summed E-state index contributed by atoms with van der Waals surface area (Å²) in [5.74, 6) is -2.13. The molecule has 1 rings (SSSR count). The van der Waals surface area contributed by atoms with Gasteiger partial charge in [0.15, 0.2) is 0 Å². The minimum absolute atomic E-state index is 0.343. The Morgan fingerprint density at radius 3 is 2.39 bits per heavy atom.